The van der Waals surface area contributed by atoms with E-state index in [4.69, 9.17) is 11.6 Å². The van der Waals surface area contributed by atoms with Gasteiger partial charge in [0.15, 0.2) is 0 Å². The van der Waals surface area contributed by atoms with Gasteiger partial charge in [-0.2, -0.15) is 0 Å². The van der Waals surface area contributed by atoms with Crippen LogP contribution in [-0.2, 0) is 4.79 Å². The highest BCUT2D eigenvalue weighted by molar-refractivity contribution is 6.24. The van der Waals surface area contributed by atoms with E-state index in [2.05, 4.69) is 0 Å². The van der Waals surface area contributed by atoms with E-state index < -0.39 is 0 Å². The predicted octanol–water partition coefficient (Wildman–Crippen LogP) is 3.15. The van der Waals surface area contributed by atoms with E-state index in [-0.39, 0.29) is 10.3 Å². The first-order valence-corrected chi connectivity index (χ1v) is 6.09. The SMILES string of the molecule is CC(=O)C12CC3CC(CC(Cl)(C3)C1)C2. The normalized spacial score (nSPS) is 55.0. The fourth-order valence-corrected chi connectivity index (χ4v) is 5.25. The smallest absolute Gasteiger partial charge is 0.136 e. The van der Waals surface area contributed by atoms with Crippen LogP contribution in [0.4, 0.5) is 0 Å². The molecule has 0 heterocycles. The second-order valence-electron chi connectivity index (χ2n) is 5.95. The molecule has 14 heavy (non-hydrogen) atoms. The van der Waals surface area contributed by atoms with Crippen LogP contribution in [0, 0.1) is 17.3 Å². The molecular formula is C12H17ClO. The number of halogens is 1. The van der Waals surface area contributed by atoms with Crippen molar-refractivity contribution < 1.29 is 4.79 Å². The number of carbonyl (C=O) groups excluding carboxylic acids is 1. The highest BCUT2D eigenvalue weighted by atomic mass is 35.5. The van der Waals surface area contributed by atoms with Crippen molar-refractivity contribution in [2.45, 2.75) is 50.3 Å². The monoisotopic (exact) mass is 212 g/mol. The second kappa shape index (κ2) is 2.55. The van der Waals surface area contributed by atoms with E-state index in [1.54, 1.807) is 6.92 Å². The molecule has 4 aliphatic carbocycles. The van der Waals surface area contributed by atoms with Gasteiger partial charge in [0.25, 0.3) is 0 Å². The number of ketones is 1. The number of alkyl halides is 1. The summed E-state index contributed by atoms with van der Waals surface area (Å²) in [5.41, 5.74) is -0.00810. The molecule has 0 amide bonds. The molecule has 2 atom stereocenters. The first kappa shape index (κ1) is 9.21. The molecule has 2 heteroatoms. The average molecular weight is 213 g/mol. The van der Waals surface area contributed by atoms with Crippen LogP contribution in [-0.4, -0.2) is 10.7 Å². The van der Waals surface area contributed by atoms with Gasteiger partial charge in [-0.05, 0) is 57.3 Å². The zero-order chi connectivity index (χ0) is 9.97. The van der Waals surface area contributed by atoms with Gasteiger partial charge in [-0.1, -0.05) is 0 Å². The van der Waals surface area contributed by atoms with Gasteiger partial charge in [0.1, 0.15) is 5.78 Å². The zero-order valence-electron chi connectivity index (χ0n) is 8.68. The summed E-state index contributed by atoms with van der Waals surface area (Å²) in [4.78, 5) is 11.8. The van der Waals surface area contributed by atoms with Gasteiger partial charge in [0.2, 0.25) is 0 Å². The van der Waals surface area contributed by atoms with Crippen molar-refractivity contribution in [2.24, 2.45) is 17.3 Å². The molecule has 0 aromatic carbocycles. The lowest BCUT2D eigenvalue weighted by Crippen LogP contribution is -2.55. The summed E-state index contributed by atoms with van der Waals surface area (Å²) < 4.78 is 0. The van der Waals surface area contributed by atoms with Crippen LogP contribution in [0.2, 0.25) is 0 Å². The summed E-state index contributed by atoms with van der Waals surface area (Å²) in [7, 11) is 0. The van der Waals surface area contributed by atoms with Crippen molar-refractivity contribution >= 4 is 17.4 Å². The van der Waals surface area contributed by atoms with Crippen molar-refractivity contribution in [3.05, 3.63) is 0 Å². The Kier molecular flexibility index (Phi) is 1.68. The van der Waals surface area contributed by atoms with Gasteiger partial charge in [0.05, 0.1) is 0 Å². The fraction of sp³-hybridized carbons (Fsp3) is 0.917. The Morgan fingerprint density at radius 1 is 1.21 bits per heavy atom. The maximum Gasteiger partial charge on any atom is 0.136 e. The van der Waals surface area contributed by atoms with E-state index in [9.17, 15) is 4.79 Å². The lowest BCUT2D eigenvalue weighted by molar-refractivity contribution is -0.139. The molecule has 4 aliphatic rings. The van der Waals surface area contributed by atoms with Crippen molar-refractivity contribution in [2.75, 3.05) is 0 Å². The predicted molar refractivity (Wildman–Crippen MR) is 56.4 cm³/mol. The molecule has 0 N–H and O–H groups in total. The van der Waals surface area contributed by atoms with Crippen LogP contribution in [0.15, 0.2) is 0 Å². The molecule has 0 aliphatic heterocycles. The lowest BCUT2D eigenvalue weighted by Gasteiger charge is -2.59. The third-order valence-electron chi connectivity index (χ3n) is 4.74. The summed E-state index contributed by atoms with van der Waals surface area (Å²) in [5, 5.41) is 0. The van der Waals surface area contributed by atoms with Gasteiger partial charge in [-0.25, -0.2) is 0 Å². The first-order chi connectivity index (χ1) is 6.51. The Morgan fingerprint density at radius 3 is 2.21 bits per heavy atom. The van der Waals surface area contributed by atoms with Gasteiger partial charge in [-0.15, -0.1) is 11.6 Å². The fourth-order valence-electron chi connectivity index (χ4n) is 4.56. The largest absolute Gasteiger partial charge is 0.299 e. The molecule has 0 spiro atoms. The molecule has 4 saturated carbocycles. The Bertz CT molecular complexity index is 283. The molecule has 0 saturated heterocycles. The number of rotatable bonds is 1. The van der Waals surface area contributed by atoms with Crippen molar-refractivity contribution in [1.82, 2.24) is 0 Å². The molecule has 4 rings (SSSR count). The summed E-state index contributed by atoms with van der Waals surface area (Å²) in [5.74, 6) is 1.90. The molecule has 0 aromatic rings. The summed E-state index contributed by atoms with van der Waals surface area (Å²) in [6.07, 6.45) is 6.90. The first-order valence-electron chi connectivity index (χ1n) is 5.71. The van der Waals surface area contributed by atoms with E-state index >= 15 is 0 Å². The minimum Gasteiger partial charge on any atom is -0.299 e. The number of Topliss-reactive ketones (excluding diaryl/α,β-unsaturated/α-hetero) is 1. The Hall–Kier alpha value is -0.0400. The van der Waals surface area contributed by atoms with Crippen LogP contribution < -0.4 is 0 Å². The summed E-state index contributed by atoms with van der Waals surface area (Å²) in [6, 6.07) is 0. The van der Waals surface area contributed by atoms with Gasteiger partial charge in [-0.3, -0.25) is 4.79 Å². The molecule has 0 radical (unpaired) electrons. The molecule has 0 aromatic heterocycles. The molecule has 4 fully saturated rings. The average Bonchev–Trinajstić information content (AvgIpc) is 1.98. The minimum absolute atomic E-state index is 0.00421. The van der Waals surface area contributed by atoms with Crippen molar-refractivity contribution in [3.8, 4) is 0 Å². The van der Waals surface area contributed by atoms with Crippen LogP contribution in [0.3, 0.4) is 0 Å². The molecule has 1 nitrogen and oxygen atoms in total. The Balaban J connectivity index is 2.00. The van der Waals surface area contributed by atoms with Gasteiger partial charge >= 0.3 is 0 Å². The molecule has 78 valence electrons. The third kappa shape index (κ3) is 1.11. The maximum absolute atomic E-state index is 11.8. The van der Waals surface area contributed by atoms with Crippen LogP contribution in [0.25, 0.3) is 0 Å². The van der Waals surface area contributed by atoms with E-state index in [1.165, 1.54) is 19.3 Å². The minimum atomic E-state index is -0.00810. The van der Waals surface area contributed by atoms with Gasteiger partial charge < -0.3 is 0 Å². The number of hydrogen-bond donors (Lipinski definition) is 0. The van der Waals surface area contributed by atoms with Crippen LogP contribution in [0.1, 0.15) is 45.4 Å². The third-order valence-corrected chi connectivity index (χ3v) is 5.18. The zero-order valence-corrected chi connectivity index (χ0v) is 9.44. The van der Waals surface area contributed by atoms with Gasteiger partial charge in [0, 0.05) is 10.3 Å². The highest BCUT2D eigenvalue weighted by Gasteiger charge is 2.58. The summed E-state index contributed by atoms with van der Waals surface area (Å²) >= 11 is 6.61. The van der Waals surface area contributed by atoms with Crippen molar-refractivity contribution in [3.63, 3.8) is 0 Å². The Morgan fingerprint density at radius 2 is 1.79 bits per heavy atom. The Labute approximate surface area is 90.2 Å². The van der Waals surface area contributed by atoms with Crippen LogP contribution >= 0.6 is 11.6 Å². The van der Waals surface area contributed by atoms with E-state index in [0.29, 0.717) is 5.78 Å². The second-order valence-corrected chi connectivity index (χ2v) is 6.75. The van der Waals surface area contributed by atoms with E-state index in [1.807, 2.05) is 0 Å². The van der Waals surface area contributed by atoms with E-state index in [0.717, 1.165) is 31.1 Å². The quantitative estimate of drug-likeness (QED) is 0.611. The topological polar surface area (TPSA) is 17.1 Å². The maximum atomic E-state index is 11.8. The molecule has 4 bridgehead atoms. The number of hydrogen-bond acceptors (Lipinski definition) is 1. The van der Waals surface area contributed by atoms with Crippen molar-refractivity contribution in [1.29, 1.82) is 0 Å². The lowest BCUT2D eigenvalue weighted by atomic mass is 9.48. The highest BCUT2D eigenvalue weighted by Crippen LogP contribution is 2.63. The molecular weight excluding hydrogens is 196 g/mol. The standard InChI is InChI=1S/C12H17ClO/c1-8(14)11-3-9-2-10(4-11)6-12(13,5-9)7-11/h9-10H,2-7H2,1H3. The molecule has 2 unspecified atom stereocenters. The van der Waals surface area contributed by atoms with Crippen LogP contribution in [0.5, 0.6) is 0 Å². The number of carbonyl (C=O) groups is 1. The summed E-state index contributed by atoms with van der Waals surface area (Å²) in [6.45, 7) is 1.77.